The molecule has 0 aliphatic heterocycles. The Balaban J connectivity index is 2.33. The van der Waals surface area contributed by atoms with Crippen LogP contribution in [-0.4, -0.2) is 11.9 Å². The third-order valence-electron chi connectivity index (χ3n) is 1.67. The molecule has 1 rings (SSSR count). The zero-order valence-corrected chi connectivity index (χ0v) is 8.31. The zero-order chi connectivity index (χ0) is 9.68. The second-order valence-electron chi connectivity index (χ2n) is 3.04. The van der Waals surface area contributed by atoms with E-state index in [4.69, 9.17) is 11.6 Å². The van der Waals surface area contributed by atoms with Gasteiger partial charge in [0.2, 0.25) is 0 Å². The first-order chi connectivity index (χ1) is 6.18. The second-order valence-corrected chi connectivity index (χ2v) is 3.78. The van der Waals surface area contributed by atoms with Crippen LogP contribution in [0.5, 0.6) is 0 Å². The minimum atomic E-state index is -0.200. The van der Waals surface area contributed by atoms with E-state index in [0.717, 1.165) is 18.7 Å². The number of hydrogen-bond donors (Lipinski definition) is 1. The Bertz CT molecular complexity index is 246. The molecular formula is C10H13ClFN. The van der Waals surface area contributed by atoms with Crippen LogP contribution >= 0.6 is 11.6 Å². The van der Waals surface area contributed by atoms with Crippen LogP contribution in [0.4, 0.5) is 4.39 Å². The number of benzene rings is 1. The van der Waals surface area contributed by atoms with E-state index >= 15 is 0 Å². The van der Waals surface area contributed by atoms with E-state index in [1.165, 1.54) is 12.1 Å². The van der Waals surface area contributed by atoms with Crippen LogP contribution in [0.25, 0.3) is 0 Å². The van der Waals surface area contributed by atoms with E-state index in [1.807, 2.05) is 6.92 Å². The fourth-order valence-corrected chi connectivity index (χ4v) is 1.13. The number of rotatable bonds is 4. The number of alkyl halides is 1. The molecule has 0 aliphatic rings. The topological polar surface area (TPSA) is 12.0 Å². The standard InChI is InChI=1S/C10H13ClFN/c1-8(11)6-13-7-9-2-4-10(12)5-3-9/h2-5,8,13H,6-7H2,1H3. The number of hydrogen-bond acceptors (Lipinski definition) is 1. The number of halogens is 2. The van der Waals surface area contributed by atoms with Crippen molar-refractivity contribution in [2.45, 2.75) is 18.8 Å². The molecule has 0 amide bonds. The lowest BCUT2D eigenvalue weighted by Gasteiger charge is -2.05. The van der Waals surface area contributed by atoms with E-state index in [-0.39, 0.29) is 11.2 Å². The van der Waals surface area contributed by atoms with Crippen LogP contribution in [0.15, 0.2) is 24.3 Å². The predicted octanol–water partition coefficient (Wildman–Crippen LogP) is 2.54. The van der Waals surface area contributed by atoms with E-state index < -0.39 is 0 Å². The molecule has 0 radical (unpaired) electrons. The van der Waals surface area contributed by atoms with Crippen molar-refractivity contribution in [2.24, 2.45) is 0 Å². The highest BCUT2D eigenvalue weighted by molar-refractivity contribution is 6.20. The largest absolute Gasteiger partial charge is 0.311 e. The van der Waals surface area contributed by atoms with E-state index in [9.17, 15) is 4.39 Å². The highest BCUT2D eigenvalue weighted by Crippen LogP contribution is 2.02. The Hall–Kier alpha value is -0.600. The molecule has 0 saturated heterocycles. The minimum Gasteiger partial charge on any atom is -0.311 e. The molecule has 0 spiro atoms. The molecule has 0 saturated carbocycles. The predicted molar refractivity (Wildman–Crippen MR) is 53.4 cm³/mol. The second kappa shape index (κ2) is 5.20. The first-order valence-electron chi connectivity index (χ1n) is 4.27. The van der Waals surface area contributed by atoms with E-state index in [1.54, 1.807) is 12.1 Å². The first-order valence-corrected chi connectivity index (χ1v) is 4.71. The highest BCUT2D eigenvalue weighted by atomic mass is 35.5. The van der Waals surface area contributed by atoms with Gasteiger partial charge in [-0.3, -0.25) is 0 Å². The van der Waals surface area contributed by atoms with Crippen molar-refractivity contribution in [2.75, 3.05) is 6.54 Å². The van der Waals surface area contributed by atoms with Gasteiger partial charge in [0.15, 0.2) is 0 Å². The summed E-state index contributed by atoms with van der Waals surface area (Å²) in [7, 11) is 0. The van der Waals surface area contributed by atoms with Crippen molar-refractivity contribution >= 4 is 11.6 Å². The molecule has 1 atom stereocenters. The average molecular weight is 202 g/mol. The molecule has 1 nitrogen and oxygen atoms in total. The Morgan fingerprint density at radius 2 is 2.00 bits per heavy atom. The summed E-state index contributed by atoms with van der Waals surface area (Å²) in [4.78, 5) is 0. The average Bonchev–Trinajstić information content (AvgIpc) is 2.08. The fraction of sp³-hybridized carbons (Fsp3) is 0.400. The molecule has 0 fully saturated rings. The smallest absolute Gasteiger partial charge is 0.123 e. The van der Waals surface area contributed by atoms with Gasteiger partial charge in [-0.25, -0.2) is 4.39 Å². The molecule has 0 aromatic heterocycles. The summed E-state index contributed by atoms with van der Waals surface area (Å²) in [5.41, 5.74) is 1.07. The van der Waals surface area contributed by atoms with E-state index in [0.29, 0.717) is 0 Å². The molecule has 1 aromatic carbocycles. The lowest BCUT2D eigenvalue weighted by molar-refractivity contribution is 0.624. The maximum atomic E-state index is 12.5. The van der Waals surface area contributed by atoms with Crippen LogP contribution in [0.2, 0.25) is 0 Å². The third kappa shape index (κ3) is 4.25. The van der Waals surface area contributed by atoms with Gasteiger partial charge >= 0.3 is 0 Å². The van der Waals surface area contributed by atoms with Crippen molar-refractivity contribution in [3.8, 4) is 0 Å². The van der Waals surface area contributed by atoms with Crippen LogP contribution in [0, 0.1) is 5.82 Å². The van der Waals surface area contributed by atoms with Gasteiger partial charge in [0.1, 0.15) is 5.82 Å². The van der Waals surface area contributed by atoms with Gasteiger partial charge in [-0.2, -0.15) is 0 Å². The van der Waals surface area contributed by atoms with Crippen LogP contribution in [0.3, 0.4) is 0 Å². The molecular weight excluding hydrogens is 189 g/mol. The van der Waals surface area contributed by atoms with Gasteiger partial charge < -0.3 is 5.32 Å². The molecule has 1 unspecified atom stereocenters. The maximum absolute atomic E-state index is 12.5. The van der Waals surface area contributed by atoms with Crippen LogP contribution < -0.4 is 5.32 Å². The molecule has 0 aliphatic carbocycles. The third-order valence-corrected chi connectivity index (χ3v) is 1.82. The summed E-state index contributed by atoms with van der Waals surface area (Å²) < 4.78 is 12.5. The van der Waals surface area contributed by atoms with Gasteiger partial charge in [0, 0.05) is 18.5 Å². The Kier molecular flexibility index (Phi) is 4.19. The summed E-state index contributed by atoms with van der Waals surface area (Å²) >= 11 is 5.75. The molecule has 72 valence electrons. The van der Waals surface area contributed by atoms with Crippen LogP contribution in [-0.2, 0) is 6.54 Å². The molecule has 0 bridgehead atoms. The van der Waals surface area contributed by atoms with E-state index in [2.05, 4.69) is 5.32 Å². The lowest BCUT2D eigenvalue weighted by Crippen LogP contribution is -2.20. The van der Waals surface area contributed by atoms with Crippen molar-refractivity contribution in [1.29, 1.82) is 0 Å². The molecule has 0 heterocycles. The highest BCUT2D eigenvalue weighted by Gasteiger charge is 1.96. The molecule has 13 heavy (non-hydrogen) atoms. The minimum absolute atomic E-state index is 0.125. The molecule has 3 heteroatoms. The quantitative estimate of drug-likeness (QED) is 0.739. The van der Waals surface area contributed by atoms with Crippen LogP contribution in [0.1, 0.15) is 12.5 Å². The summed E-state index contributed by atoms with van der Waals surface area (Å²) in [6.45, 7) is 3.43. The van der Waals surface area contributed by atoms with Gasteiger partial charge in [-0.05, 0) is 24.6 Å². The number of nitrogens with one attached hydrogen (secondary N) is 1. The Morgan fingerprint density at radius 3 is 2.54 bits per heavy atom. The summed E-state index contributed by atoms with van der Waals surface area (Å²) in [5, 5.41) is 3.29. The Labute approximate surface area is 82.9 Å². The van der Waals surface area contributed by atoms with Gasteiger partial charge in [0.25, 0.3) is 0 Å². The first kappa shape index (κ1) is 10.5. The van der Waals surface area contributed by atoms with Crippen molar-refractivity contribution in [3.05, 3.63) is 35.6 Å². The fourth-order valence-electron chi connectivity index (χ4n) is 1.02. The van der Waals surface area contributed by atoms with Crippen molar-refractivity contribution in [1.82, 2.24) is 5.32 Å². The van der Waals surface area contributed by atoms with Gasteiger partial charge in [0.05, 0.1) is 0 Å². The molecule has 1 aromatic rings. The lowest BCUT2D eigenvalue weighted by atomic mass is 10.2. The van der Waals surface area contributed by atoms with Gasteiger partial charge in [-0.1, -0.05) is 12.1 Å². The summed E-state index contributed by atoms with van der Waals surface area (Å²) in [6, 6.07) is 6.45. The summed E-state index contributed by atoms with van der Waals surface area (Å²) in [5.74, 6) is -0.200. The van der Waals surface area contributed by atoms with Gasteiger partial charge in [-0.15, -0.1) is 11.6 Å². The Morgan fingerprint density at radius 1 is 1.38 bits per heavy atom. The summed E-state index contributed by atoms with van der Waals surface area (Å²) in [6.07, 6.45) is 0. The normalized spacial score (nSPS) is 12.8. The maximum Gasteiger partial charge on any atom is 0.123 e. The monoisotopic (exact) mass is 201 g/mol. The van der Waals surface area contributed by atoms with Crippen molar-refractivity contribution in [3.63, 3.8) is 0 Å². The molecule has 1 N–H and O–H groups in total. The van der Waals surface area contributed by atoms with Crippen molar-refractivity contribution < 1.29 is 4.39 Å². The SMILES string of the molecule is CC(Cl)CNCc1ccc(F)cc1. The zero-order valence-electron chi connectivity index (χ0n) is 7.56.